The third kappa shape index (κ3) is 3.46. The molecule has 0 spiro atoms. The highest BCUT2D eigenvalue weighted by molar-refractivity contribution is 4.84. The number of nitrogens with one attached hydrogen (secondary N) is 1. The van der Waals surface area contributed by atoms with Crippen LogP contribution in [0.4, 0.5) is 0 Å². The maximum absolute atomic E-state index is 3.65. The van der Waals surface area contributed by atoms with Crippen LogP contribution in [0.15, 0.2) is 0 Å². The summed E-state index contributed by atoms with van der Waals surface area (Å²) in [6, 6.07) is 2.37. The Hall–Kier alpha value is -0.0800. The quantitative estimate of drug-likeness (QED) is 0.766. The average Bonchev–Trinajstić information content (AvgIpc) is 3.02. The summed E-state index contributed by atoms with van der Waals surface area (Å²) in [6.07, 6.45) is 8.47. The van der Waals surface area contributed by atoms with Crippen LogP contribution >= 0.6 is 0 Å². The highest BCUT2D eigenvalue weighted by atomic mass is 15.2. The smallest absolute Gasteiger partial charge is 0.0195 e. The molecule has 2 heteroatoms. The Morgan fingerprint density at radius 1 is 1.20 bits per heavy atom. The van der Waals surface area contributed by atoms with Gasteiger partial charge in [0.25, 0.3) is 0 Å². The average molecular weight is 210 g/mol. The molecule has 88 valence electrons. The van der Waals surface area contributed by atoms with E-state index in [9.17, 15) is 0 Å². The van der Waals surface area contributed by atoms with Crippen LogP contribution in [0, 0.1) is 0 Å². The van der Waals surface area contributed by atoms with Gasteiger partial charge in [-0.05, 0) is 46.1 Å². The number of rotatable bonds is 4. The first-order valence-electron chi connectivity index (χ1n) is 6.76. The lowest BCUT2D eigenvalue weighted by Crippen LogP contribution is -2.45. The zero-order valence-corrected chi connectivity index (χ0v) is 10.3. The van der Waals surface area contributed by atoms with Gasteiger partial charge in [-0.25, -0.2) is 0 Å². The molecule has 2 unspecified atom stereocenters. The molecule has 1 aliphatic carbocycles. The first-order chi connectivity index (χ1) is 7.27. The van der Waals surface area contributed by atoms with Gasteiger partial charge < -0.3 is 5.32 Å². The van der Waals surface area contributed by atoms with Crippen molar-refractivity contribution in [1.82, 2.24) is 10.2 Å². The fraction of sp³-hybridized carbons (Fsp3) is 1.00. The SMILES string of the molecule is CC1CCCCCN1C(C)CNC1CC1. The zero-order chi connectivity index (χ0) is 10.7. The van der Waals surface area contributed by atoms with E-state index in [0.29, 0.717) is 0 Å². The number of hydrogen-bond acceptors (Lipinski definition) is 2. The van der Waals surface area contributed by atoms with Gasteiger partial charge in [0.1, 0.15) is 0 Å². The lowest BCUT2D eigenvalue weighted by Gasteiger charge is -2.33. The van der Waals surface area contributed by atoms with E-state index < -0.39 is 0 Å². The van der Waals surface area contributed by atoms with Crippen LogP contribution in [0.5, 0.6) is 0 Å². The Morgan fingerprint density at radius 3 is 2.73 bits per heavy atom. The molecule has 2 aliphatic rings. The van der Waals surface area contributed by atoms with Gasteiger partial charge in [0.05, 0.1) is 0 Å². The molecule has 0 aromatic rings. The molecule has 1 aliphatic heterocycles. The zero-order valence-electron chi connectivity index (χ0n) is 10.3. The predicted octanol–water partition coefficient (Wildman–Crippen LogP) is 2.39. The summed E-state index contributed by atoms with van der Waals surface area (Å²) < 4.78 is 0. The van der Waals surface area contributed by atoms with E-state index in [1.54, 1.807) is 0 Å². The molecule has 0 radical (unpaired) electrons. The van der Waals surface area contributed by atoms with Gasteiger partial charge in [-0.15, -0.1) is 0 Å². The second-order valence-electron chi connectivity index (χ2n) is 5.47. The maximum Gasteiger partial charge on any atom is 0.0195 e. The lowest BCUT2D eigenvalue weighted by atomic mass is 10.1. The van der Waals surface area contributed by atoms with E-state index in [1.807, 2.05) is 0 Å². The van der Waals surface area contributed by atoms with Gasteiger partial charge in [0.15, 0.2) is 0 Å². The Labute approximate surface area is 94.4 Å². The van der Waals surface area contributed by atoms with Crippen molar-refractivity contribution in [2.24, 2.45) is 0 Å². The van der Waals surface area contributed by atoms with Crippen LogP contribution in [0.3, 0.4) is 0 Å². The predicted molar refractivity (Wildman–Crippen MR) is 65.1 cm³/mol. The molecule has 2 fully saturated rings. The van der Waals surface area contributed by atoms with Gasteiger partial charge in [-0.2, -0.15) is 0 Å². The number of hydrogen-bond donors (Lipinski definition) is 1. The second-order valence-corrected chi connectivity index (χ2v) is 5.47. The summed E-state index contributed by atoms with van der Waals surface area (Å²) in [5.41, 5.74) is 0. The number of nitrogens with zero attached hydrogens (tertiary/aromatic N) is 1. The minimum Gasteiger partial charge on any atom is -0.312 e. The van der Waals surface area contributed by atoms with Crippen LogP contribution in [0.1, 0.15) is 52.4 Å². The van der Waals surface area contributed by atoms with Crippen molar-refractivity contribution in [2.45, 2.75) is 70.5 Å². The molecule has 2 rings (SSSR count). The molecule has 0 bridgehead atoms. The summed E-state index contributed by atoms with van der Waals surface area (Å²) in [6.45, 7) is 7.29. The molecule has 1 heterocycles. The van der Waals surface area contributed by atoms with Crippen LogP contribution in [0.25, 0.3) is 0 Å². The summed E-state index contributed by atoms with van der Waals surface area (Å²) in [5.74, 6) is 0. The Kier molecular flexibility index (Phi) is 4.04. The first-order valence-corrected chi connectivity index (χ1v) is 6.76. The first kappa shape index (κ1) is 11.4. The molecule has 1 saturated carbocycles. The fourth-order valence-electron chi connectivity index (χ4n) is 2.69. The van der Waals surface area contributed by atoms with Gasteiger partial charge in [-0.3, -0.25) is 4.90 Å². The molecule has 1 N–H and O–H groups in total. The minimum absolute atomic E-state index is 0.721. The van der Waals surface area contributed by atoms with Crippen molar-refractivity contribution in [3.8, 4) is 0 Å². The molecule has 2 atom stereocenters. The standard InChI is InChI=1S/C13H26N2/c1-11-6-4-3-5-9-15(11)12(2)10-14-13-7-8-13/h11-14H,3-10H2,1-2H3. The summed E-state index contributed by atoms with van der Waals surface area (Å²) in [5, 5.41) is 3.65. The van der Waals surface area contributed by atoms with Crippen LogP contribution < -0.4 is 5.32 Å². The minimum atomic E-state index is 0.721. The van der Waals surface area contributed by atoms with Gasteiger partial charge in [-0.1, -0.05) is 12.8 Å². The van der Waals surface area contributed by atoms with E-state index >= 15 is 0 Å². The van der Waals surface area contributed by atoms with Crippen molar-refractivity contribution in [3.05, 3.63) is 0 Å². The molecule has 15 heavy (non-hydrogen) atoms. The Balaban J connectivity index is 1.76. The topological polar surface area (TPSA) is 15.3 Å². The lowest BCUT2D eigenvalue weighted by molar-refractivity contribution is 0.154. The normalized spacial score (nSPS) is 31.2. The molecule has 0 amide bonds. The summed E-state index contributed by atoms with van der Waals surface area (Å²) in [4.78, 5) is 2.71. The third-order valence-corrected chi connectivity index (χ3v) is 3.95. The van der Waals surface area contributed by atoms with E-state index in [4.69, 9.17) is 0 Å². The van der Waals surface area contributed by atoms with Crippen LogP contribution in [-0.2, 0) is 0 Å². The largest absolute Gasteiger partial charge is 0.312 e. The summed E-state index contributed by atoms with van der Waals surface area (Å²) in [7, 11) is 0. The van der Waals surface area contributed by atoms with E-state index in [-0.39, 0.29) is 0 Å². The van der Waals surface area contributed by atoms with E-state index in [1.165, 1.54) is 51.6 Å². The third-order valence-electron chi connectivity index (χ3n) is 3.95. The molecule has 2 nitrogen and oxygen atoms in total. The van der Waals surface area contributed by atoms with E-state index in [0.717, 1.165) is 18.1 Å². The Bertz CT molecular complexity index is 189. The maximum atomic E-state index is 3.65. The molecular formula is C13H26N2. The molecule has 0 aromatic heterocycles. The Morgan fingerprint density at radius 2 is 2.00 bits per heavy atom. The molecule has 0 aromatic carbocycles. The monoisotopic (exact) mass is 210 g/mol. The van der Waals surface area contributed by atoms with Crippen molar-refractivity contribution in [1.29, 1.82) is 0 Å². The van der Waals surface area contributed by atoms with Crippen LogP contribution in [-0.4, -0.2) is 36.1 Å². The highest BCUT2D eigenvalue weighted by Crippen LogP contribution is 2.21. The van der Waals surface area contributed by atoms with Crippen LogP contribution in [0.2, 0.25) is 0 Å². The van der Waals surface area contributed by atoms with E-state index in [2.05, 4.69) is 24.1 Å². The highest BCUT2D eigenvalue weighted by Gasteiger charge is 2.25. The number of likely N-dealkylation sites (tertiary alicyclic amines) is 1. The van der Waals surface area contributed by atoms with Gasteiger partial charge in [0.2, 0.25) is 0 Å². The van der Waals surface area contributed by atoms with Crippen molar-refractivity contribution < 1.29 is 0 Å². The van der Waals surface area contributed by atoms with Crippen molar-refractivity contribution >= 4 is 0 Å². The molecule has 1 saturated heterocycles. The van der Waals surface area contributed by atoms with Crippen molar-refractivity contribution in [2.75, 3.05) is 13.1 Å². The summed E-state index contributed by atoms with van der Waals surface area (Å²) >= 11 is 0. The van der Waals surface area contributed by atoms with Crippen molar-refractivity contribution in [3.63, 3.8) is 0 Å². The fourth-order valence-corrected chi connectivity index (χ4v) is 2.69. The van der Waals surface area contributed by atoms with Gasteiger partial charge >= 0.3 is 0 Å². The molecular weight excluding hydrogens is 184 g/mol. The second kappa shape index (κ2) is 5.31. The van der Waals surface area contributed by atoms with Gasteiger partial charge in [0, 0.05) is 24.7 Å².